The van der Waals surface area contributed by atoms with Crippen molar-refractivity contribution in [1.82, 2.24) is 5.32 Å². The molecule has 0 radical (unpaired) electrons. The van der Waals surface area contributed by atoms with Gasteiger partial charge in [0.05, 0.1) is 12.6 Å². The monoisotopic (exact) mass is 186 g/mol. The predicted molar refractivity (Wildman–Crippen MR) is 50.1 cm³/mol. The molecule has 0 heterocycles. The van der Waals surface area contributed by atoms with Gasteiger partial charge in [-0.15, -0.1) is 0 Å². The van der Waals surface area contributed by atoms with E-state index in [9.17, 15) is 4.79 Å². The van der Waals surface area contributed by atoms with Crippen LogP contribution in [0.4, 0.5) is 0 Å². The first-order valence-corrected chi connectivity index (χ1v) is 4.68. The molecule has 1 aliphatic carbocycles. The summed E-state index contributed by atoms with van der Waals surface area (Å²) in [5, 5.41) is 2.87. The molecule has 0 bridgehead atoms. The number of nitrogens with one attached hydrogen (secondary N) is 1. The van der Waals surface area contributed by atoms with Crippen LogP contribution in [0.1, 0.15) is 13.3 Å². The van der Waals surface area contributed by atoms with Gasteiger partial charge in [0, 0.05) is 19.6 Å². The SMILES string of the molecule is COCC(CN)NC(=O)C1CC1C. The molecule has 1 saturated carbocycles. The van der Waals surface area contributed by atoms with Crippen molar-refractivity contribution < 1.29 is 9.53 Å². The molecular formula is C9H18N2O2. The lowest BCUT2D eigenvalue weighted by Crippen LogP contribution is -2.44. The molecule has 1 amide bonds. The Bertz CT molecular complexity index is 184. The van der Waals surface area contributed by atoms with Crippen LogP contribution in [0.2, 0.25) is 0 Å². The number of methoxy groups -OCH3 is 1. The molecule has 3 N–H and O–H groups in total. The predicted octanol–water partition coefficient (Wildman–Crippen LogP) is -0.268. The van der Waals surface area contributed by atoms with Gasteiger partial charge in [-0.3, -0.25) is 4.79 Å². The Balaban J connectivity index is 2.24. The van der Waals surface area contributed by atoms with Gasteiger partial charge in [0.2, 0.25) is 5.91 Å². The van der Waals surface area contributed by atoms with Gasteiger partial charge in [0.1, 0.15) is 0 Å². The zero-order valence-electron chi connectivity index (χ0n) is 8.25. The molecule has 0 aromatic rings. The minimum absolute atomic E-state index is 0.0368. The summed E-state index contributed by atoms with van der Waals surface area (Å²) in [6.45, 7) is 3.00. The Hall–Kier alpha value is -0.610. The number of amides is 1. The summed E-state index contributed by atoms with van der Waals surface area (Å²) in [7, 11) is 1.61. The summed E-state index contributed by atoms with van der Waals surface area (Å²) >= 11 is 0. The molecule has 3 unspecified atom stereocenters. The fourth-order valence-corrected chi connectivity index (χ4v) is 1.37. The van der Waals surface area contributed by atoms with E-state index < -0.39 is 0 Å². The van der Waals surface area contributed by atoms with Crippen LogP contribution < -0.4 is 11.1 Å². The zero-order chi connectivity index (χ0) is 9.84. The Labute approximate surface area is 78.8 Å². The highest BCUT2D eigenvalue weighted by molar-refractivity contribution is 5.81. The summed E-state index contributed by atoms with van der Waals surface area (Å²) in [6.07, 6.45) is 1.01. The smallest absolute Gasteiger partial charge is 0.223 e. The van der Waals surface area contributed by atoms with Crippen LogP contribution in [0.5, 0.6) is 0 Å². The fourth-order valence-electron chi connectivity index (χ4n) is 1.37. The van der Waals surface area contributed by atoms with E-state index in [-0.39, 0.29) is 17.9 Å². The van der Waals surface area contributed by atoms with Gasteiger partial charge in [0.15, 0.2) is 0 Å². The van der Waals surface area contributed by atoms with Crippen molar-refractivity contribution in [3.05, 3.63) is 0 Å². The van der Waals surface area contributed by atoms with Gasteiger partial charge < -0.3 is 15.8 Å². The lowest BCUT2D eigenvalue weighted by molar-refractivity contribution is -0.123. The fraction of sp³-hybridized carbons (Fsp3) is 0.889. The van der Waals surface area contributed by atoms with Crippen molar-refractivity contribution >= 4 is 5.91 Å². The topological polar surface area (TPSA) is 64.3 Å². The normalized spacial score (nSPS) is 28.2. The number of rotatable bonds is 5. The van der Waals surface area contributed by atoms with E-state index in [4.69, 9.17) is 10.5 Å². The molecule has 4 nitrogen and oxygen atoms in total. The molecule has 76 valence electrons. The van der Waals surface area contributed by atoms with Crippen LogP contribution in [0.25, 0.3) is 0 Å². The molecular weight excluding hydrogens is 168 g/mol. The maximum atomic E-state index is 11.4. The van der Waals surface area contributed by atoms with Crippen LogP contribution in [-0.4, -0.2) is 32.2 Å². The summed E-state index contributed by atoms with van der Waals surface area (Å²) in [6, 6.07) is -0.0368. The van der Waals surface area contributed by atoms with Gasteiger partial charge >= 0.3 is 0 Å². The lowest BCUT2D eigenvalue weighted by Gasteiger charge is -2.15. The third-order valence-electron chi connectivity index (χ3n) is 2.44. The second-order valence-electron chi connectivity index (χ2n) is 3.72. The standard InChI is InChI=1S/C9H18N2O2/c1-6-3-8(6)9(12)11-7(4-10)5-13-2/h6-8H,3-5,10H2,1-2H3,(H,11,12). The van der Waals surface area contributed by atoms with E-state index in [2.05, 4.69) is 12.2 Å². The number of carbonyl (C=O) groups is 1. The number of hydrogen-bond donors (Lipinski definition) is 2. The number of hydrogen-bond acceptors (Lipinski definition) is 3. The summed E-state index contributed by atoms with van der Waals surface area (Å²) in [4.78, 5) is 11.4. The highest BCUT2D eigenvalue weighted by Crippen LogP contribution is 2.37. The first kappa shape index (κ1) is 10.5. The van der Waals surface area contributed by atoms with Crippen LogP contribution in [0.3, 0.4) is 0 Å². The molecule has 0 saturated heterocycles. The summed E-state index contributed by atoms with van der Waals surface area (Å²) < 4.78 is 4.93. The molecule has 3 atom stereocenters. The van der Waals surface area contributed by atoms with Crippen LogP contribution in [0.15, 0.2) is 0 Å². The van der Waals surface area contributed by atoms with Crippen molar-refractivity contribution in [2.75, 3.05) is 20.3 Å². The molecule has 0 aromatic carbocycles. The average molecular weight is 186 g/mol. The average Bonchev–Trinajstić information content (AvgIpc) is 2.82. The minimum Gasteiger partial charge on any atom is -0.383 e. The zero-order valence-corrected chi connectivity index (χ0v) is 8.25. The Kier molecular flexibility index (Phi) is 3.69. The van der Waals surface area contributed by atoms with Gasteiger partial charge in [-0.1, -0.05) is 6.92 Å². The number of ether oxygens (including phenoxy) is 1. The highest BCUT2D eigenvalue weighted by atomic mass is 16.5. The quantitative estimate of drug-likeness (QED) is 0.621. The van der Waals surface area contributed by atoms with Crippen molar-refractivity contribution in [1.29, 1.82) is 0 Å². The van der Waals surface area contributed by atoms with Gasteiger partial charge in [-0.25, -0.2) is 0 Å². The summed E-state index contributed by atoms with van der Waals surface area (Å²) in [5.41, 5.74) is 5.47. The van der Waals surface area contributed by atoms with E-state index in [1.165, 1.54) is 0 Å². The van der Waals surface area contributed by atoms with E-state index in [1.54, 1.807) is 7.11 Å². The van der Waals surface area contributed by atoms with Crippen molar-refractivity contribution in [3.63, 3.8) is 0 Å². The maximum absolute atomic E-state index is 11.4. The van der Waals surface area contributed by atoms with Crippen molar-refractivity contribution in [2.24, 2.45) is 17.6 Å². The second kappa shape index (κ2) is 4.58. The molecule has 4 heteroatoms. The second-order valence-corrected chi connectivity index (χ2v) is 3.72. The van der Waals surface area contributed by atoms with Gasteiger partial charge in [-0.2, -0.15) is 0 Å². The third kappa shape index (κ3) is 2.97. The molecule has 1 fully saturated rings. The van der Waals surface area contributed by atoms with E-state index >= 15 is 0 Å². The summed E-state index contributed by atoms with van der Waals surface area (Å²) in [5.74, 6) is 0.881. The van der Waals surface area contributed by atoms with E-state index in [1.807, 2.05) is 0 Å². The molecule has 0 aliphatic heterocycles. The third-order valence-corrected chi connectivity index (χ3v) is 2.44. The first-order valence-electron chi connectivity index (χ1n) is 4.68. The lowest BCUT2D eigenvalue weighted by atomic mass is 10.2. The van der Waals surface area contributed by atoms with E-state index in [0.717, 1.165) is 6.42 Å². The van der Waals surface area contributed by atoms with E-state index in [0.29, 0.717) is 19.1 Å². The number of nitrogens with two attached hydrogens (primary N) is 1. The molecule has 0 aromatic heterocycles. The first-order chi connectivity index (χ1) is 6.19. The molecule has 1 aliphatic rings. The maximum Gasteiger partial charge on any atom is 0.223 e. The van der Waals surface area contributed by atoms with Crippen LogP contribution in [0, 0.1) is 11.8 Å². The minimum atomic E-state index is -0.0368. The largest absolute Gasteiger partial charge is 0.383 e. The molecule has 0 spiro atoms. The molecule has 13 heavy (non-hydrogen) atoms. The highest BCUT2D eigenvalue weighted by Gasteiger charge is 2.39. The van der Waals surface area contributed by atoms with Crippen LogP contribution >= 0.6 is 0 Å². The Morgan fingerprint density at radius 2 is 2.38 bits per heavy atom. The van der Waals surface area contributed by atoms with Crippen LogP contribution in [-0.2, 0) is 9.53 Å². The Morgan fingerprint density at radius 3 is 2.77 bits per heavy atom. The Morgan fingerprint density at radius 1 is 1.77 bits per heavy atom. The van der Waals surface area contributed by atoms with Crippen molar-refractivity contribution in [2.45, 2.75) is 19.4 Å². The van der Waals surface area contributed by atoms with Gasteiger partial charge in [0.25, 0.3) is 0 Å². The number of carbonyl (C=O) groups excluding carboxylic acids is 1. The molecule has 1 rings (SSSR count). The van der Waals surface area contributed by atoms with Gasteiger partial charge in [-0.05, 0) is 12.3 Å². The van der Waals surface area contributed by atoms with Crippen molar-refractivity contribution in [3.8, 4) is 0 Å².